The molecule has 0 aromatic carbocycles. The third-order valence-corrected chi connectivity index (χ3v) is 8.76. The summed E-state index contributed by atoms with van der Waals surface area (Å²) >= 11 is 0. The van der Waals surface area contributed by atoms with Crippen molar-refractivity contribution in [1.29, 1.82) is 0 Å². The Bertz CT molecular complexity index is 567. The van der Waals surface area contributed by atoms with Crippen molar-refractivity contribution in [1.82, 2.24) is 4.90 Å². The summed E-state index contributed by atoms with van der Waals surface area (Å²) in [6.45, 7) is 11.4. The quantitative estimate of drug-likeness (QED) is 0.669. The number of nitrogens with zero attached hydrogens (tertiary/aromatic N) is 1. The third-order valence-electron chi connectivity index (χ3n) is 8.76. The Labute approximate surface area is 178 Å². The van der Waals surface area contributed by atoms with E-state index in [9.17, 15) is 10.2 Å². The molecule has 5 nitrogen and oxygen atoms in total. The highest BCUT2D eigenvalue weighted by molar-refractivity contribution is 5.03. The maximum Gasteiger partial charge on any atom is 0.163 e. The van der Waals surface area contributed by atoms with Crippen LogP contribution in [-0.4, -0.2) is 66.0 Å². The van der Waals surface area contributed by atoms with Crippen molar-refractivity contribution in [2.24, 2.45) is 29.1 Å². The van der Waals surface area contributed by atoms with E-state index in [0.717, 1.165) is 25.7 Å². The molecule has 0 bridgehead atoms. The van der Waals surface area contributed by atoms with Crippen molar-refractivity contribution in [3.63, 3.8) is 0 Å². The lowest BCUT2D eigenvalue weighted by molar-refractivity contribution is -0.178. The Hall–Kier alpha value is -0.200. The Balaban J connectivity index is 1.76. The molecule has 0 amide bonds. The normalized spacial score (nSPS) is 42.6. The van der Waals surface area contributed by atoms with Crippen molar-refractivity contribution in [2.75, 3.05) is 27.3 Å². The van der Waals surface area contributed by atoms with Crippen LogP contribution in [0.25, 0.3) is 0 Å². The highest BCUT2D eigenvalue weighted by Crippen LogP contribution is 2.58. The van der Waals surface area contributed by atoms with Crippen LogP contribution in [0.1, 0.15) is 73.1 Å². The standard InChI is InChI=1S/C24H45NO4/c1-16(17-10-11-18-21(27)9-8-12-23(17,18)4)13-20(25(6)7)19(14-26)24(5)15-28-22(2,3)29-24/h16-21,26-27H,8-15H2,1-7H3/t16?,17-,18+,19?,20+,21+,23-,24?/m1/s1. The predicted molar refractivity (Wildman–Crippen MR) is 116 cm³/mol. The van der Waals surface area contributed by atoms with Crippen LogP contribution in [0.5, 0.6) is 0 Å². The molecule has 0 aromatic heterocycles. The van der Waals surface area contributed by atoms with Crippen LogP contribution in [-0.2, 0) is 9.47 Å². The molecule has 2 saturated carbocycles. The number of aliphatic hydroxyl groups excluding tert-OH is 2. The first-order valence-corrected chi connectivity index (χ1v) is 11.7. The molecule has 3 aliphatic rings. The van der Waals surface area contributed by atoms with E-state index in [1.54, 1.807) is 0 Å². The van der Waals surface area contributed by atoms with Gasteiger partial charge in [-0.15, -0.1) is 0 Å². The molecule has 29 heavy (non-hydrogen) atoms. The van der Waals surface area contributed by atoms with Gasteiger partial charge in [0.05, 0.1) is 24.9 Å². The maximum absolute atomic E-state index is 10.6. The largest absolute Gasteiger partial charge is 0.396 e. The summed E-state index contributed by atoms with van der Waals surface area (Å²) in [5.41, 5.74) is -0.239. The third kappa shape index (κ3) is 4.41. The Morgan fingerprint density at radius 2 is 1.79 bits per heavy atom. The first kappa shape index (κ1) is 23.5. The monoisotopic (exact) mass is 411 g/mol. The van der Waals surface area contributed by atoms with Gasteiger partial charge in [-0.2, -0.15) is 0 Å². The van der Waals surface area contributed by atoms with Crippen molar-refractivity contribution >= 4 is 0 Å². The molecule has 2 N–H and O–H groups in total. The average Bonchev–Trinajstić information content (AvgIpc) is 3.11. The molecule has 5 heteroatoms. The lowest BCUT2D eigenvalue weighted by Crippen LogP contribution is -2.52. The molecule has 3 fully saturated rings. The Morgan fingerprint density at radius 1 is 1.10 bits per heavy atom. The molecule has 8 atom stereocenters. The van der Waals surface area contributed by atoms with E-state index in [-0.39, 0.29) is 30.1 Å². The summed E-state index contributed by atoms with van der Waals surface area (Å²) < 4.78 is 12.2. The van der Waals surface area contributed by atoms with Crippen LogP contribution in [0.4, 0.5) is 0 Å². The molecule has 0 radical (unpaired) electrons. The van der Waals surface area contributed by atoms with Crippen LogP contribution in [0.15, 0.2) is 0 Å². The predicted octanol–water partition coefficient (Wildman–Crippen LogP) is 3.67. The number of ether oxygens (including phenoxy) is 2. The second kappa shape index (κ2) is 8.38. The van der Waals surface area contributed by atoms with E-state index in [2.05, 4.69) is 39.8 Å². The molecule has 170 valence electrons. The summed E-state index contributed by atoms with van der Waals surface area (Å²) in [5.74, 6) is 1.02. The zero-order chi connectivity index (χ0) is 21.6. The smallest absolute Gasteiger partial charge is 0.163 e. The molecule has 1 heterocycles. The topological polar surface area (TPSA) is 62.2 Å². The minimum absolute atomic E-state index is 0.0105. The van der Waals surface area contributed by atoms with Crippen molar-refractivity contribution in [2.45, 2.75) is 96.7 Å². The number of hydrogen-bond acceptors (Lipinski definition) is 5. The van der Waals surface area contributed by atoms with E-state index < -0.39 is 11.4 Å². The average molecular weight is 412 g/mol. The van der Waals surface area contributed by atoms with Gasteiger partial charge in [0.25, 0.3) is 0 Å². The highest BCUT2D eigenvalue weighted by atomic mass is 16.8. The fourth-order valence-corrected chi connectivity index (χ4v) is 7.25. The Kier molecular flexibility index (Phi) is 6.78. The number of aliphatic hydroxyl groups is 2. The summed E-state index contributed by atoms with van der Waals surface area (Å²) in [7, 11) is 4.24. The van der Waals surface area contributed by atoms with Gasteiger partial charge in [-0.3, -0.25) is 0 Å². The van der Waals surface area contributed by atoms with E-state index >= 15 is 0 Å². The van der Waals surface area contributed by atoms with Crippen molar-refractivity contribution in [3.05, 3.63) is 0 Å². The van der Waals surface area contributed by atoms with Crippen molar-refractivity contribution in [3.8, 4) is 0 Å². The molecule has 1 aliphatic heterocycles. The minimum atomic E-state index is -0.602. The second-order valence-electron chi connectivity index (χ2n) is 11.4. The van der Waals surface area contributed by atoms with E-state index in [0.29, 0.717) is 24.4 Å². The molecule has 0 spiro atoms. The Morgan fingerprint density at radius 3 is 2.34 bits per heavy atom. The second-order valence-corrected chi connectivity index (χ2v) is 11.4. The molecule has 3 unspecified atom stereocenters. The molecule has 1 saturated heterocycles. The van der Waals surface area contributed by atoms with Gasteiger partial charge < -0.3 is 24.6 Å². The molecular weight excluding hydrogens is 366 g/mol. The van der Waals surface area contributed by atoms with Gasteiger partial charge in [0, 0.05) is 12.0 Å². The van der Waals surface area contributed by atoms with Gasteiger partial charge in [0.2, 0.25) is 0 Å². The summed E-state index contributed by atoms with van der Waals surface area (Å²) in [6.07, 6.45) is 6.64. The lowest BCUT2D eigenvalue weighted by atomic mass is 9.61. The van der Waals surface area contributed by atoms with Crippen LogP contribution in [0, 0.1) is 29.1 Å². The van der Waals surface area contributed by atoms with Crippen molar-refractivity contribution < 1.29 is 19.7 Å². The first-order valence-electron chi connectivity index (χ1n) is 11.7. The van der Waals surface area contributed by atoms with E-state index in [4.69, 9.17) is 9.47 Å². The van der Waals surface area contributed by atoms with Gasteiger partial charge in [0.1, 0.15) is 0 Å². The van der Waals surface area contributed by atoms with Crippen LogP contribution in [0.2, 0.25) is 0 Å². The summed E-state index contributed by atoms with van der Waals surface area (Å²) in [5, 5.41) is 21.0. The van der Waals surface area contributed by atoms with Gasteiger partial charge in [-0.1, -0.05) is 20.3 Å². The SMILES string of the molecule is CC(C[C@@H](C(CO)C1(C)COC(C)(C)O1)N(C)C)[C@H]1CC[C@H]2[C@@H](O)CCC[C@]12C. The first-order chi connectivity index (χ1) is 13.4. The van der Waals surface area contributed by atoms with Gasteiger partial charge in [0.15, 0.2) is 5.79 Å². The fraction of sp³-hybridized carbons (Fsp3) is 1.00. The van der Waals surface area contributed by atoms with Gasteiger partial charge >= 0.3 is 0 Å². The van der Waals surface area contributed by atoms with Crippen LogP contribution in [0.3, 0.4) is 0 Å². The number of hydrogen-bond donors (Lipinski definition) is 2. The van der Waals surface area contributed by atoms with E-state index in [1.807, 2.05) is 13.8 Å². The zero-order valence-electron chi connectivity index (χ0n) is 19.8. The van der Waals surface area contributed by atoms with Crippen LogP contribution >= 0.6 is 0 Å². The summed E-state index contributed by atoms with van der Waals surface area (Å²) in [4.78, 5) is 2.27. The number of rotatable bonds is 7. The zero-order valence-corrected chi connectivity index (χ0v) is 19.8. The highest BCUT2D eigenvalue weighted by Gasteiger charge is 2.54. The van der Waals surface area contributed by atoms with Gasteiger partial charge in [-0.05, 0) is 90.1 Å². The summed E-state index contributed by atoms with van der Waals surface area (Å²) in [6, 6.07) is 0.216. The molecule has 2 aliphatic carbocycles. The molecule has 0 aromatic rings. The maximum atomic E-state index is 10.6. The lowest BCUT2D eigenvalue weighted by Gasteiger charge is -2.47. The van der Waals surface area contributed by atoms with E-state index in [1.165, 1.54) is 12.8 Å². The minimum Gasteiger partial charge on any atom is -0.396 e. The molecule has 3 rings (SSSR count). The molecular formula is C24H45NO4. The van der Waals surface area contributed by atoms with Gasteiger partial charge in [-0.25, -0.2) is 0 Å². The number of fused-ring (bicyclic) bond motifs is 1. The van der Waals surface area contributed by atoms with Crippen LogP contribution < -0.4 is 0 Å². The fourth-order valence-electron chi connectivity index (χ4n) is 7.25.